The molecular weight excluding hydrogens is 316 g/mol. The molecule has 0 heterocycles. The summed E-state index contributed by atoms with van der Waals surface area (Å²) >= 11 is 5.75. The van der Waals surface area contributed by atoms with E-state index in [1.807, 2.05) is 31.2 Å². The number of nitrogens with zero attached hydrogens (tertiary/aromatic N) is 1. The Balaban J connectivity index is 2.12. The number of halogens is 1. The van der Waals surface area contributed by atoms with E-state index in [9.17, 15) is 14.9 Å². The molecular formula is C17H15ClN2O3. The normalized spacial score (nSPS) is 10.7. The highest BCUT2D eigenvalue weighted by molar-refractivity contribution is 6.32. The van der Waals surface area contributed by atoms with E-state index in [0.29, 0.717) is 5.56 Å². The van der Waals surface area contributed by atoms with Crippen LogP contribution in [-0.4, -0.2) is 10.8 Å². The molecule has 0 atom stereocenters. The summed E-state index contributed by atoms with van der Waals surface area (Å²) in [7, 11) is 0. The summed E-state index contributed by atoms with van der Waals surface area (Å²) in [4.78, 5) is 22.3. The maximum absolute atomic E-state index is 12.0. The summed E-state index contributed by atoms with van der Waals surface area (Å²) in [6, 6.07) is 11.9. The van der Waals surface area contributed by atoms with Crippen LogP contribution < -0.4 is 5.32 Å². The number of anilines is 1. The largest absolute Gasteiger partial charge is 0.322 e. The van der Waals surface area contributed by atoms with Gasteiger partial charge >= 0.3 is 0 Å². The highest BCUT2D eigenvalue weighted by atomic mass is 35.5. The summed E-state index contributed by atoms with van der Waals surface area (Å²) < 4.78 is 0. The van der Waals surface area contributed by atoms with Gasteiger partial charge in [0.1, 0.15) is 5.02 Å². The number of nitro groups is 1. The van der Waals surface area contributed by atoms with Crippen molar-refractivity contribution < 1.29 is 9.72 Å². The number of nitro benzene ring substituents is 1. The minimum atomic E-state index is -0.558. The molecule has 1 N–H and O–H groups in total. The van der Waals surface area contributed by atoms with Crippen molar-refractivity contribution in [2.75, 3.05) is 5.32 Å². The van der Waals surface area contributed by atoms with Gasteiger partial charge in [0.15, 0.2) is 0 Å². The fraction of sp³-hybridized carbons (Fsp3) is 0.118. The third-order valence-corrected chi connectivity index (χ3v) is 3.57. The summed E-state index contributed by atoms with van der Waals surface area (Å²) in [5, 5.41) is 13.7. The second kappa shape index (κ2) is 7.56. The Labute approximate surface area is 138 Å². The van der Waals surface area contributed by atoms with Crippen molar-refractivity contribution in [2.24, 2.45) is 0 Å². The molecule has 2 rings (SSSR count). The van der Waals surface area contributed by atoms with Gasteiger partial charge in [-0.15, -0.1) is 0 Å². The fourth-order valence-electron chi connectivity index (χ4n) is 2.07. The molecule has 23 heavy (non-hydrogen) atoms. The van der Waals surface area contributed by atoms with Crippen molar-refractivity contribution in [3.8, 4) is 0 Å². The summed E-state index contributed by atoms with van der Waals surface area (Å²) in [5.41, 5.74) is 2.13. The first-order valence-corrected chi connectivity index (χ1v) is 7.40. The molecule has 1 amide bonds. The number of carbonyl (C=O) groups excluding carboxylic acids is 1. The summed E-state index contributed by atoms with van der Waals surface area (Å²) in [6.45, 7) is 2.01. The van der Waals surface area contributed by atoms with Crippen molar-refractivity contribution in [3.05, 3.63) is 74.8 Å². The van der Waals surface area contributed by atoms with Gasteiger partial charge in [-0.3, -0.25) is 14.9 Å². The number of rotatable bonds is 5. The standard InChI is InChI=1S/C17H15ClN2O3/c1-2-13-5-3-4-6-15(13)19-17(21)10-8-12-7-9-14(18)16(11-12)20(22)23/h3-11H,2H2,1H3,(H,19,21). The number of nitrogens with one attached hydrogen (secondary N) is 1. The molecule has 2 aromatic carbocycles. The first kappa shape index (κ1) is 16.7. The molecule has 118 valence electrons. The number of para-hydroxylation sites is 1. The Morgan fingerprint density at radius 3 is 2.74 bits per heavy atom. The van der Waals surface area contributed by atoms with Gasteiger partial charge in [-0.1, -0.05) is 42.8 Å². The summed E-state index contributed by atoms with van der Waals surface area (Å²) in [5.74, 6) is -0.302. The molecule has 0 aliphatic heterocycles. The van der Waals surface area contributed by atoms with Crippen LogP contribution in [0.4, 0.5) is 11.4 Å². The monoisotopic (exact) mass is 330 g/mol. The van der Waals surface area contributed by atoms with E-state index in [4.69, 9.17) is 11.6 Å². The minimum absolute atomic E-state index is 0.0634. The zero-order valence-electron chi connectivity index (χ0n) is 12.5. The van der Waals surface area contributed by atoms with Gasteiger partial charge in [0.05, 0.1) is 4.92 Å². The molecule has 0 fully saturated rings. The van der Waals surface area contributed by atoms with E-state index in [1.165, 1.54) is 24.3 Å². The molecule has 0 radical (unpaired) electrons. The molecule has 5 nitrogen and oxygen atoms in total. The van der Waals surface area contributed by atoms with Crippen LogP contribution in [-0.2, 0) is 11.2 Å². The van der Waals surface area contributed by atoms with Crippen molar-refractivity contribution in [3.63, 3.8) is 0 Å². The highest BCUT2D eigenvalue weighted by Gasteiger charge is 2.11. The molecule has 0 aliphatic rings. The predicted molar refractivity (Wildman–Crippen MR) is 91.6 cm³/mol. The summed E-state index contributed by atoms with van der Waals surface area (Å²) in [6.07, 6.45) is 3.65. The van der Waals surface area contributed by atoms with Crippen LogP contribution in [0.3, 0.4) is 0 Å². The SMILES string of the molecule is CCc1ccccc1NC(=O)C=Cc1ccc(Cl)c([N+](=O)[O-])c1. The van der Waals surface area contributed by atoms with E-state index in [2.05, 4.69) is 5.32 Å². The van der Waals surface area contributed by atoms with Gasteiger partial charge in [0.2, 0.25) is 5.91 Å². The van der Waals surface area contributed by atoms with Crippen molar-refractivity contribution in [1.82, 2.24) is 0 Å². The second-order valence-corrected chi connectivity index (χ2v) is 5.21. The fourth-order valence-corrected chi connectivity index (χ4v) is 2.26. The van der Waals surface area contributed by atoms with Crippen molar-refractivity contribution in [1.29, 1.82) is 0 Å². The molecule has 0 unspecified atom stereocenters. The maximum Gasteiger partial charge on any atom is 0.288 e. The highest BCUT2D eigenvalue weighted by Crippen LogP contribution is 2.25. The Morgan fingerprint density at radius 2 is 2.04 bits per heavy atom. The maximum atomic E-state index is 12.0. The number of amides is 1. The van der Waals surface area contributed by atoms with E-state index in [1.54, 1.807) is 6.07 Å². The van der Waals surface area contributed by atoms with Gasteiger partial charge < -0.3 is 5.32 Å². The third-order valence-electron chi connectivity index (χ3n) is 3.25. The van der Waals surface area contributed by atoms with Crippen LogP contribution in [0.5, 0.6) is 0 Å². The van der Waals surface area contributed by atoms with Gasteiger partial charge in [-0.2, -0.15) is 0 Å². The van der Waals surface area contributed by atoms with Crippen molar-refractivity contribution >= 4 is 35.0 Å². The van der Waals surface area contributed by atoms with Gasteiger partial charge in [0.25, 0.3) is 5.69 Å². The van der Waals surface area contributed by atoms with Crippen LogP contribution in [0.15, 0.2) is 48.5 Å². The first-order chi connectivity index (χ1) is 11.0. The average molecular weight is 331 g/mol. The minimum Gasteiger partial charge on any atom is -0.322 e. The lowest BCUT2D eigenvalue weighted by Crippen LogP contribution is -2.09. The Morgan fingerprint density at radius 1 is 1.30 bits per heavy atom. The molecule has 0 spiro atoms. The second-order valence-electron chi connectivity index (χ2n) is 4.80. The van der Waals surface area contributed by atoms with E-state index >= 15 is 0 Å². The quantitative estimate of drug-likeness (QED) is 0.499. The van der Waals surface area contributed by atoms with Gasteiger partial charge in [-0.25, -0.2) is 0 Å². The lowest BCUT2D eigenvalue weighted by atomic mass is 10.1. The molecule has 0 bridgehead atoms. The Bertz CT molecular complexity index is 772. The van der Waals surface area contributed by atoms with Gasteiger partial charge in [-0.05, 0) is 35.8 Å². The number of aryl methyl sites for hydroxylation is 1. The van der Waals surface area contributed by atoms with Crippen LogP contribution in [0.25, 0.3) is 6.08 Å². The topological polar surface area (TPSA) is 72.2 Å². The zero-order chi connectivity index (χ0) is 16.8. The lowest BCUT2D eigenvalue weighted by Gasteiger charge is -2.07. The lowest BCUT2D eigenvalue weighted by molar-refractivity contribution is -0.384. The molecule has 6 heteroatoms. The number of hydrogen-bond donors (Lipinski definition) is 1. The smallest absolute Gasteiger partial charge is 0.288 e. The first-order valence-electron chi connectivity index (χ1n) is 7.02. The molecule has 0 aliphatic carbocycles. The van der Waals surface area contributed by atoms with Crippen LogP contribution in [0.1, 0.15) is 18.1 Å². The number of benzene rings is 2. The molecule has 2 aromatic rings. The van der Waals surface area contributed by atoms with Crippen LogP contribution in [0, 0.1) is 10.1 Å². The van der Waals surface area contributed by atoms with Crippen molar-refractivity contribution in [2.45, 2.75) is 13.3 Å². The number of carbonyl (C=O) groups is 1. The Hall–Kier alpha value is -2.66. The Kier molecular flexibility index (Phi) is 5.49. The van der Waals surface area contributed by atoms with E-state index in [-0.39, 0.29) is 16.6 Å². The van der Waals surface area contributed by atoms with E-state index < -0.39 is 4.92 Å². The van der Waals surface area contributed by atoms with Crippen LogP contribution in [0.2, 0.25) is 5.02 Å². The molecule has 0 aromatic heterocycles. The predicted octanol–water partition coefficient (Wildman–Crippen LogP) is 4.46. The van der Waals surface area contributed by atoms with E-state index in [0.717, 1.165) is 17.7 Å². The zero-order valence-corrected chi connectivity index (χ0v) is 13.2. The average Bonchev–Trinajstić information content (AvgIpc) is 2.54. The van der Waals surface area contributed by atoms with Gasteiger partial charge in [0, 0.05) is 17.8 Å². The molecule has 0 saturated heterocycles. The number of hydrogen-bond acceptors (Lipinski definition) is 3. The van der Waals surface area contributed by atoms with Crippen LogP contribution >= 0.6 is 11.6 Å². The molecule has 0 saturated carbocycles. The third kappa shape index (κ3) is 4.40.